The van der Waals surface area contributed by atoms with Crippen LogP contribution in [0, 0.1) is 13.8 Å². The number of esters is 1. The zero-order chi connectivity index (χ0) is 36.9. The number of methoxy groups -OCH3 is 1. The van der Waals surface area contributed by atoms with Gasteiger partial charge in [-0.1, -0.05) is 18.7 Å². The van der Waals surface area contributed by atoms with Crippen molar-refractivity contribution in [2.45, 2.75) is 65.2 Å². The van der Waals surface area contributed by atoms with Gasteiger partial charge in [-0.3, -0.25) is 14.6 Å². The van der Waals surface area contributed by atoms with E-state index in [0.29, 0.717) is 51.3 Å². The van der Waals surface area contributed by atoms with E-state index in [1.807, 2.05) is 32.9 Å². The number of H-pyrrole nitrogens is 2. The molecular weight excluding hydrogens is 652 g/mol. The van der Waals surface area contributed by atoms with Crippen LogP contribution in [0.2, 0.25) is 0 Å². The van der Waals surface area contributed by atoms with Crippen LogP contribution in [-0.4, -0.2) is 66.2 Å². The maximum absolute atomic E-state index is 12.9. The van der Waals surface area contributed by atoms with Gasteiger partial charge in [0.25, 0.3) is 0 Å². The van der Waals surface area contributed by atoms with E-state index in [1.54, 1.807) is 31.2 Å². The molecule has 0 fully saturated rings. The first kappa shape index (κ1) is 34.8. The molecule has 0 saturated heterocycles. The largest absolute Gasteiger partial charge is 0.481 e. The molecule has 2 aliphatic heterocycles. The third kappa shape index (κ3) is 5.86. The average Bonchev–Trinajstić information content (AvgIpc) is 3.73. The van der Waals surface area contributed by atoms with Crippen LogP contribution in [0.3, 0.4) is 0 Å². The average molecular weight is 691 g/mol. The summed E-state index contributed by atoms with van der Waals surface area (Å²) in [5.74, 6) is -4.01. The van der Waals surface area contributed by atoms with Crippen molar-refractivity contribution < 1.29 is 39.2 Å². The number of ether oxygens (including phenoxy) is 1. The summed E-state index contributed by atoms with van der Waals surface area (Å²) in [7, 11) is 1.34. The summed E-state index contributed by atoms with van der Waals surface area (Å²) in [5, 5.41) is 30.2. The highest BCUT2D eigenvalue weighted by Gasteiger charge is 2.49. The van der Waals surface area contributed by atoms with Crippen molar-refractivity contribution in [1.29, 1.82) is 0 Å². The fraction of sp³-hybridized carbons (Fsp3) is 0.282. The number of carboxylic acid groups (broad SMARTS) is 3. The Morgan fingerprint density at radius 3 is 2.04 bits per heavy atom. The minimum absolute atomic E-state index is 0.0983. The molecule has 0 spiro atoms. The molecule has 6 rings (SSSR count). The SMILES string of the molecule is C=CC1=C(C)c2cc3nc(cc4[nH]c(cc5[nH]c(cc1n2)c(C)c5CCC(=O)OC)c(CCC(=O)O)c4C)[C@]1(C)C3=CCC(C(=O)O)=C1C(=O)O. The zero-order valence-corrected chi connectivity index (χ0v) is 29.0. The lowest BCUT2D eigenvalue weighted by molar-refractivity contribution is -0.140. The van der Waals surface area contributed by atoms with E-state index < -0.39 is 23.3 Å². The van der Waals surface area contributed by atoms with Crippen LogP contribution in [-0.2, 0) is 42.2 Å². The first-order valence-electron chi connectivity index (χ1n) is 16.5. The fourth-order valence-electron chi connectivity index (χ4n) is 7.46. The molecule has 5 N–H and O–H groups in total. The Labute approximate surface area is 292 Å². The van der Waals surface area contributed by atoms with Crippen LogP contribution in [0.15, 0.2) is 54.1 Å². The third-order valence-electron chi connectivity index (χ3n) is 10.3. The molecule has 3 aliphatic rings. The first-order chi connectivity index (χ1) is 24.2. The summed E-state index contributed by atoms with van der Waals surface area (Å²) in [6, 6.07) is 7.30. The van der Waals surface area contributed by atoms with Crippen LogP contribution < -0.4 is 0 Å². The van der Waals surface area contributed by atoms with Gasteiger partial charge in [-0.05, 0) is 105 Å². The predicted octanol–water partition coefficient (Wildman–Crippen LogP) is 6.38. The lowest BCUT2D eigenvalue weighted by atomic mass is 9.68. The number of rotatable bonds is 9. The Morgan fingerprint density at radius 1 is 0.843 bits per heavy atom. The summed E-state index contributed by atoms with van der Waals surface area (Å²) in [6.07, 6.45) is 3.90. The smallest absolute Gasteiger partial charge is 0.333 e. The molecule has 3 aromatic heterocycles. The fourth-order valence-corrected chi connectivity index (χ4v) is 7.46. The molecule has 0 amide bonds. The van der Waals surface area contributed by atoms with Gasteiger partial charge in [0.05, 0.1) is 46.4 Å². The minimum atomic E-state index is -1.44. The molecule has 1 aliphatic carbocycles. The van der Waals surface area contributed by atoms with Gasteiger partial charge in [0.2, 0.25) is 0 Å². The lowest BCUT2D eigenvalue weighted by Gasteiger charge is -2.31. The first-order valence-corrected chi connectivity index (χ1v) is 16.5. The second-order valence-electron chi connectivity index (χ2n) is 13.1. The second-order valence-corrected chi connectivity index (χ2v) is 13.1. The van der Waals surface area contributed by atoms with Crippen LogP contribution in [0.5, 0.6) is 0 Å². The number of carbonyl (C=O) groups excluding carboxylic acids is 1. The normalized spacial score (nSPS) is 16.8. The molecule has 0 saturated carbocycles. The van der Waals surface area contributed by atoms with Crippen molar-refractivity contribution in [1.82, 2.24) is 19.9 Å². The molecule has 0 unspecified atom stereocenters. The van der Waals surface area contributed by atoms with Crippen molar-refractivity contribution in [3.63, 3.8) is 0 Å². The van der Waals surface area contributed by atoms with E-state index in [1.165, 1.54) is 7.11 Å². The van der Waals surface area contributed by atoms with E-state index in [9.17, 15) is 34.5 Å². The molecule has 8 bridgehead atoms. The Kier molecular flexibility index (Phi) is 8.88. The standard InChI is InChI=1S/C39H38N4O8/c1-7-21-18(2)27-15-32-25-11-8-24(37(47)48)36(38(49)50)39(25,5)33(43-32)17-28-20(4)22(9-12-34(44)45)30(42-28)16-31-23(10-13-35(46)51-6)19(3)26(41-31)14-29(21)40-27/h7,11,14-17,41-42H,1,8-10,12-13H2,2-6H3,(H,44,45)(H,47,48)(H,49,50)/t39-/m0/s1. The molecular formula is C39H38N4O8. The van der Waals surface area contributed by atoms with Crippen molar-refractivity contribution in [2.75, 3.05) is 7.11 Å². The highest BCUT2D eigenvalue weighted by molar-refractivity contribution is 6.06. The number of hydrogen-bond donors (Lipinski definition) is 5. The van der Waals surface area contributed by atoms with Gasteiger partial charge in [-0.25, -0.2) is 14.6 Å². The van der Waals surface area contributed by atoms with Crippen molar-refractivity contribution in [3.05, 3.63) is 99.2 Å². The van der Waals surface area contributed by atoms with Crippen LogP contribution in [0.1, 0.15) is 78.1 Å². The number of aliphatic carboxylic acids is 3. The number of nitrogens with one attached hydrogen (secondary N) is 2. The topological polar surface area (TPSA) is 196 Å². The van der Waals surface area contributed by atoms with Gasteiger partial charge in [-0.2, -0.15) is 0 Å². The predicted molar refractivity (Wildman–Crippen MR) is 192 cm³/mol. The van der Waals surface area contributed by atoms with E-state index >= 15 is 0 Å². The summed E-state index contributed by atoms with van der Waals surface area (Å²) in [4.78, 5) is 66.1. The minimum Gasteiger partial charge on any atom is -0.481 e. The third-order valence-corrected chi connectivity index (χ3v) is 10.3. The number of aromatic amines is 2. The summed E-state index contributed by atoms with van der Waals surface area (Å²) in [6.45, 7) is 11.4. The Balaban J connectivity index is 1.79. The van der Waals surface area contributed by atoms with Gasteiger partial charge >= 0.3 is 23.9 Å². The van der Waals surface area contributed by atoms with Gasteiger partial charge in [0, 0.05) is 40.5 Å². The quantitative estimate of drug-likeness (QED) is 0.157. The Bertz CT molecular complexity index is 2350. The molecule has 0 radical (unpaired) electrons. The Morgan fingerprint density at radius 2 is 1.47 bits per heavy atom. The van der Waals surface area contributed by atoms with Crippen LogP contribution in [0.4, 0.5) is 0 Å². The monoisotopic (exact) mass is 690 g/mol. The van der Waals surface area contributed by atoms with Gasteiger partial charge < -0.3 is 30.0 Å². The van der Waals surface area contributed by atoms with Gasteiger partial charge in [0.1, 0.15) is 0 Å². The number of fused-ring (bicyclic) bond motifs is 11. The molecule has 12 heteroatoms. The number of allylic oxidation sites excluding steroid dienone is 5. The van der Waals surface area contributed by atoms with Crippen molar-refractivity contribution >= 4 is 62.7 Å². The number of carbonyl (C=O) groups is 4. The maximum atomic E-state index is 12.9. The number of aromatic nitrogens is 4. The molecule has 262 valence electrons. The van der Waals surface area contributed by atoms with E-state index in [-0.39, 0.29) is 42.8 Å². The molecule has 51 heavy (non-hydrogen) atoms. The zero-order valence-electron chi connectivity index (χ0n) is 29.0. The van der Waals surface area contributed by atoms with E-state index in [0.717, 1.165) is 38.9 Å². The molecule has 5 heterocycles. The number of aryl methyl sites for hydroxylation is 4. The number of carboxylic acids is 3. The summed E-state index contributed by atoms with van der Waals surface area (Å²) in [5.41, 5.74) is 8.08. The van der Waals surface area contributed by atoms with Gasteiger partial charge in [0.15, 0.2) is 0 Å². The molecule has 1 atom stereocenters. The second kappa shape index (κ2) is 13.0. The molecule has 12 nitrogen and oxygen atoms in total. The lowest BCUT2D eigenvalue weighted by Crippen LogP contribution is -2.33. The maximum Gasteiger partial charge on any atom is 0.333 e. The Hall–Kier alpha value is -6.04. The summed E-state index contributed by atoms with van der Waals surface area (Å²) < 4.78 is 4.92. The van der Waals surface area contributed by atoms with Gasteiger partial charge in [-0.15, -0.1) is 0 Å². The van der Waals surface area contributed by atoms with Crippen LogP contribution >= 0.6 is 0 Å². The highest BCUT2D eigenvalue weighted by Crippen LogP contribution is 2.51. The van der Waals surface area contributed by atoms with Crippen molar-refractivity contribution in [3.8, 4) is 0 Å². The van der Waals surface area contributed by atoms with E-state index in [2.05, 4.69) is 16.5 Å². The highest BCUT2D eigenvalue weighted by atomic mass is 16.5. The van der Waals surface area contributed by atoms with Crippen LogP contribution in [0.25, 0.3) is 38.8 Å². The number of hydrogen-bond acceptors (Lipinski definition) is 7. The molecule has 3 aromatic rings. The molecule has 0 aromatic carbocycles. The summed E-state index contributed by atoms with van der Waals surface area (Å²) >= 11 is 0. The number of nitrogens with zero attached hydrogens (tertiary/aromatic N) is 2. The van der Waals surface area contributed by atoms with Crippen molar-refractivity contribution in [2.24, 2.45) is 0 Å². The van der Waals surface area contributed by atoms with E-state index in [4.69, 9.17) is 14.7 Å².